The molecule has 0 aromatic heterocycles. The molecule has 0 saturated carbocycles. The van der Waals surface area contributed by atoms with Gasteiger partial charge < -0.3 is 4.90 Å². The molecule has 0 N–H and O–H groups in total. The van der Waals surface area contributed by atoms with E-state index in [2.05, 4.69) is 49.9 Å². The Morgan fingerprint density at radius 1 is 1.05 bits per heavy atom. The van der Waals surface area contributed by atoms with Gasteiger partial charge in [0.25, 0.3) is 0 Å². The van der Waals surface area contributed by atoms with Crippen molar-refractivity contribution in [3.8, 4) is 0 Å². The van der Waals surface area contributed by atoms with Crippen LogP contribution in [-0.4, -0.2) is 29.3 Å². The highest BCUT2D eigenvalue weighted by molar-refractivity contribution is 8.00. The first-order valence-corrected chi connectivity index (χ1v) is 8.35. The van der Waals surface area contributed by atoms with Gasteiger partial charge in [0.1, 0.15) is 0 Å². The number of nitrogens with zero attached hydrogens (tertiary/aromatic N) is 1. The Balaban J connectivity index is 1.75. The lowest BCUT2D eigenvalue weighted by molar-refractivity contribution is 0.334. The summed E-state index contributed by atoms with van der Waals surface area (Å²) in [6, 6.07) is 9.16. The molecular weight excluding hydrogens is 250 g/mol. The fourth-order valence-corrected chi connectivity index (χ4v) is 3.57. The minimum absolute atomic E-state index is 0.303. The van der Waals surface area contributed by atoms with Gasteiger partial charge in [-0.15, -0.1) is 11.8 Å². The minimum atomic E-state index is 0.303. The molecule has 2 heteroatoms. The lowest BCUT2D eigenvalue weighted by Gasteiger charge is -2.17. The van der Waals surface area contributed by atoms with Gasteiger partial charge >= 0.3 is 0 Å². The fourth-order valence-electron chi connectivity index (χ4n) is 2.59. The van der Waals surface area contributed by atoms with E-state index < -0.39 is 0 Å². The summed E-state index contributed by atoms with van der Waals surface area (Å²) in [7, 11) is 0. The second kappa shape index (κ2) is 6.81. The standard InChI is InChI=1S/C17H27NS/c1-17(2,3)19-16-10-8-15(9-11-16)7-6-14-18-12-4-5-13-18/h8-11H,4-7,12-14H2,1-3H3. The lowest BCUT2D eigenvalue weighted by Crippen LogP contribution is -2.20. The van der Waals surface area contributed by atoms with Crippen LogP contribution in [0.5, 0.6) is 0 Å². The Morgan fingerprint density at radius 2 is 1.68 bits per heavy atom. The molecule has 19 heavy (non-hydrogen) atoms. The average Bonchev–Trinajstić information content (AvgIpc) is 2.82. The third-order valence-corrected chi connectivity index (χ3v) is 4.61. The van der Waals surface area contributed by atoms with Crippen molar-refractivity contribution in [3.63, 3.8) is 0 Å². The smallest absolute Gasteiger partial charge is 0.0122 e. The Bertz CT molecular complexity index is 371. The quantitative estimate of drug-likeness (QED) is 0.723. The van der Waals surface area contributed by atoms with E-state index in [-0.39, 0.29) is 0 Å². The van der Waals surface area contributed by atoms with Gasteiger partial charge in [0, 0.05) is 9.64 Å². The maximum atomic E-state index is 2.60. The first-order chi connectivity index (χ1) is 9.03. The van der Waals surface area contributed by atoms with E-state index in [0.717, 1.165) is 0 Å². The summed E-state index contributed by atoms with van der Waals surface area (Å²) in [4.78, 5) is 3.99. The molecule has 2 rings (SSSR count). The molecule has 1 aliphatic heterocycles. The zero-order chi connectivity index (χ0) is 13.7. The van der Waals surface area contributed by atoms with E-state index in [1.54, 1.807) is 0 Å². The van der Waals surface area contributed by atoms with E-state index in [0.29, 0.717) is 4.75 Å². The van der Waals surface area contributed by atoms with Gasteiger partial charge in [-0.3, -0.25) is 0 Å². The molecular formula is C17H27NS. The molecule has 1 nitrogen and oxygen atoms in total. The summed E-state index contributed by atoms with van der Waals surface area (Å²) < 4.78 is 0.303. The monoisotopic (exact) mass is 277 g/mol. The van der Waals surface area contributed by atoms with Crippen LogP contribution in [0.2, 0.25) is 0 Å². The summed E-state index contributed by atoms with van der Waals surface area (Å²) in [5.41, 5.74) is 1.48. The second-order valence-electron chi connectivity index (χ2n) is 6.51. The summed E-state index contributed by atoms with van der Waals surface area (Å²) in [5.74, 6) is 0. The molecule has 106 valence electrons. The van der Waals surface area contributed by atoms with E-state index in [1.807, 2.05) is 11.8 Å². The van der Waals surface area contributed by atoms with Crippen molar-refractivity contribution in [2.24, 2.45) is 0 Å². The van der Waals surface area contributed by atoms with E-state index in [1.165, 1.54) is 55.8 Å². The molecule has 0 spiro atoms. The molecule has 0 atom stereocenters. The van der Waals surface area contributed by atoms with Gasteiger partial charge in [-0.25, -0.2) is 0 Å². The van der Waals surface area contributed by atoms with Crippen molar-refractivity contribution in [3.05, 3.63) is 29.8 Å². The van der Waals surface area contributed by atoms with Crippen LogP contribution in [0.15, 0.2) is 29.2 Å². The Morgan fingerprint density at radius 3 is 2.26 bits per heavy atom. The summed E-state index contributed by atoms with van der Waals surface area (Å²) in [6.45, 7) is 10.7. The van der Waals surface area contributed by atoms with Crippen molar-refractivity contribution < 1.29 is 0 Å². The number of benzene rings is 1. The van der Waals surface area contributed by atoms with Crippen LogP contribution in [-0.2, 0) is 6.42 Å². The Labute approximate surface area is 122 Å². The van der Waals surface area contributed by atoms with Crippen LogP contribution in [0.3, 0.4) is 0 Å². The molecule has 0 unspecified atom stereocenters. The highest BCUT2D eigenvalue weighted by Gasteiger charge is 2.12. The van der Waals surface area contributed by atoms with E-state index in [4.69, 9.17) is 0 Å². The number of likely N-dealkylation sites (tertiary alicyclic amines) is 1. The zero-order valence-corrected chi connectivity index (χ0v) is 13.4. The predicted molar refractivity (Wildman–Crippen MR) is 86.0 cm³/mol. The van der Waals surface area contributed by atoms with E-state index >= 15 is 0 Å². The second-order valence-corrected chi connectivity index (χ2v) is 8.41. The van der Waals surface area contributed by atoms with Crippen LogP contribution >= 0.6 is 11.8 Å². The molecule has 1 aromatic rings. The van der Waals surface area contributed by atoms with Crippen LogP contribution < -0.4 is 0 Å². The van der Waals surface area contributed by atoms with Gasteiger partial charge in [-0.1, -0.05) is 32.9 Å². The molecule has 1 saturated heterocycles. The molecule has 0 radical (unpaired) electrons. The highest BCUT2D eigenvalue weighted by atomic mass is 32.2. The van der Waals surface area contributed by atoms with Gasteiger partial charge in [0.05, 0.1) is 0 Å². The zero-order valence-electron chi connectivity index (χ0n) is 12.6. The Kier molecular flexibility index (Phi) is 5.35. The Hall–Kier alpha value is -0.470. The molecule has 1 aliphatic rings. The van der Waals surface area contributed by atoms with Crippen molar-refractivity contribution in [2.45, 2.75) is 56.1 Å². The minimum Gasteiger partial charge on any atom is -0.303 e. The molecule has 1 aromatic carbocycles. The third-order valence-electron chi connectivity index (χ3n) is 3.49. The van der Waals surface area contributed by atoms with Gasteiger partial charge in [-0.05, 0) is 63.0 Å². The number of hydrogen-bond acceptors (Lipinski definition) is 2. The van der Waals surface area contributed by atoms with Gasteiger partial charge in [0.2, 0.25) is 0 Å². The van der Waals surface area contributed by atoms with Crippen LogP contribution in [0.1, 0.15) is 45.6 Å². The molecule has 0 bridgehead atoms. The largest absolute Gasteiger partial charge is 0.303 e. The molecule has 1 heterocycles. The fraction of sp³-hybridized carbons (Fsp3) is 0.647. The van der Waals surface area contributed by atoms with Crippen LogP contribution in [0.4, 0.5) is 0 Å². The first kappa shape index (κ1) is 14.9. The van der Waals surface area contributed by atoms with Crippen molar-refractivity contribution in [1.82, 2.24) is 4.90 Å². The molecule has 1 fully saturated rings. The SMILES string of the molecule is CC(C)(C)Sc1ccc(CCCN2CCCC2)cc1. The maximum Gasteiger partial charge on any atom is 0.0122 e. The highest BCUT2D eigenvalue weighted by Crippen LogP contribution is 2.31. The molecule has 0 amide bonds. The maximum absolute atomic E-state index is 2.60. The van der Waals surface area contributed by atoms with Crippen molar-refractivity contribution in [1.29, 1.82) is 0 Å². The van der Waals surface area contributed by atoms with Gasteiger partial charge in [-0.2, -0.15) is 0 Å². The van der Waals surface area contributed by atoms with E-state index in [9.17, 15) is 0 Å². The average molecular weight is 277 g/mol. The number of aryl methyl sites for hydroxylation is 1. The normalized spacial score (nSPS) is 17.0. The number of hydrogen-bond donors (Lipinski definition) is 0. The number of thioether (sulfide) groups is 1. The summed E-state index contributed by atoms with van der Waals surface area (Å²) >= 11 is 1.95. The van der Waals surface area contributed by atoms with Crippen LogP contribution in [0, 0.1) is 0 Å². The summed E-state index contributed by atoms with van der Waals surface area (Å²) in [5, 5.41) is 0. The number of rotatable bonds is 5. The van der Waals surface area contributed by atoms with Crippen LogP contribution in [0.25, 0.3) is 0 Å². The first-order valence-electron chi connectivity index (χ1n) is 7.53. The molecule has 0 aliphatic carbocycles. The van der Waals surface area contributed by atoms with Gasteiger partial charge in [0.15, 0.2) is 0 Å². The predicted octanol–water partition coefficient (Wildman–Crippen LogP) is 4.61. The lowest BCUT2D eigenvalue weighted by atomic mass is 10.1. The third kappa shape index (κ3) is 5.58. The van der Waals surface area contributed by atoms with Crippen molar-refractivity contribution >= 4 is 11.8 Å². The topological polar surface area (TPSA) is 3.24 Å². The summed E-state index contributed by atoms with van der Waals surface area (Å²) in [6.07, 6.45) is 5.32. The van der Waals surface area contributed by atoms with Crippen molar-refractivity contribution in [2.75, 3.05) is 19.6 Å².